The number of hydrogen-bond acceptors (Lipinski definition) is 5. The van der Waals surface area contributed by atoms with Gasteiger partial charge in [0.1, 0.15) is 0 Å². The number of carbonyl (C=O) groups excluding carboxylic acids is 2. The van der Waals surface area contributed by atoms with Gasteiger partial charge in [0.2, 0.25) is 5.91 Å². The van der Waals surface area contributed by atoms with Gasteiger partial charge in [-0.25, -0.2) is 0 Å². The molecule has 1 spiro atoms. The Bertz CT molecular complexity index is 921. The first-order chi connectivity index (χ1) is 14.1. The Balaban J connectivity index is 1.42. The second-order valence-electron chi connectivity index (χ2n) is 8.22. The van der Waals surface area contributed by atoms with Gasteiger partial charge in [0.15, 0.2) is 0 Å². The largest absolute Gasteiger partial charge is 0.390 e. The topological polar surface area (TPSA) is 72.9 Å². The molecule has 6 nitrogen and oxygen atoms in total. The number of hydrogen-bond donors (Lipinski definition) is 2. The van der Waals surface area contributed by atoms with Crippen LogP contribution in [0.15, 0.2) is 41.8 Å². The van der Waals surface area contributed by atoms with Crippen molar-refractivity contribution in [1.29, 1.82) is 0 Å². The minimum atomic E-state index is -0.579. The van der Waals surface area contributed by atoms with E-state index in [4.69, 9.17) is 0 Å². The minimum absolute atomic E-state index is 0.0123. The van der Waals surface area contributed by atoms with E-state index in [0.717, 1.165) is 29.8 Å². The fourth-order valence-corrected chi connectivity index (χ4v) is 6.05. The van der Waals surface area contributed by atoms with Gasteiger partial charge in [-0.15, -0.1) is 11.3 Å². The number of piperazine rings is 1. The van der Waals surface area contributed by atoms with E-state index in [9.17, 15) is 14.7 Å². The zero-order valence-electron chi connectivity index (χ0n) is 16.2. The molecule has 2 amide bonds. The van der Waals surface area contributed by atoms with E-state index in [1.54, 1.807) is 0 Å². The van der Waals surface area contributed by atoms with Gasteiger partial charge in [-0.3, -0.25) is 14.5 Å². The van der Waals surface area contributed by atoms with E-state index in [0.29, 0.717) is 26.2 Å². The van der Waals surface area contributed by atoms with Gasteiger partial charge in [0.05, 0.1) is 23.6 Å². The zero-order valence-corrected chi connectivity index (χ0v) is 17.0. The van der Waals surface area contributed by atoms with Gasteiger partial charge in [0.25, 0.3) is 5.91 Å². The van der Waals surface area contributed by atoms with E-state index >= 15 is 0 Å². The number of aliphatic hydroxyl groups is 1. The average Bonchev–Trinajstić information content (AvgIpc) is 3.35. The Morgan fingerprint density at radius 3 is 2.66 bits per heavy atom. The molecule has 152 valence electrons. The molecule has 29 heavy (non-hydrogen) atoms. The molecule has 2 aromatic rings. The highest BCUT2D eigenvalue weighted by atomic mass is 32.1. The minimum Gasteiger partial charge on any atom is -0.390 e. The van der Waals surface area contributed by atoms with Gasteiger partial charge in [0, 0.05) is 31.6 Å². The van der Waals surface area contributed by atoms with Crippen LogP contribution < -0.4 is 5.32 Å². The lowest BCUT2D eigenvalue weighted by Crippen LogP contribution is -2.54. The molecule has 2 fully saturated rings. The van der Waals surface area contributed by atoms with Gasteiger partial charge >= 0.3 is 0 Å². The lowest BCUT2D eigenvalue weighted by molar-refractivity contribution is -0.126. The molecule has 2 aliphatic heterocycles. The standard InChI is InChI=1S/C22H25N3O3S/c26-18-14-25(12-9-23-18)19-15-4-1-2-5-16(15)22(20(19)27)7-10-24(11-8-22)21(28)17-6-3-13-29-17/h1-6,13,19-20,27H,7-12,14H2,(H,23,26)/t19-,20+/m0/s1. The van der Waals surface area contributed by atoms with Crippen LogP contribution in [-0.2, 0) is 10.2 Å². The first-order valence-electron chi connectivity index (χ1n) is 10.2. The van der Waals surface area contributed by atoms with E-state index in [1.807, 2.05) is 34.5 Å². The molecule has 0 radical (unpaired) electrons. The van der Waals surface area contributed by atoms with Crippen LogP contribution in [0.4, 0.5) is 0 Å². The monoisotopic (exact) mass is 411 g/mol. The number of benzene rings is 1. The summed E-state index contributed by atoms with van der Waals surface area (Å²) in [5.74, 6) is 0.0955. The van der Waals surface area contributed by atoms with E-state index in [-0.39, 0.29) is 23.3 Å². The maximum Gasteiger partial charge on any atom is 0.263 e. The van der Waals surface area contributed by atoms with Crippen LogP contribution in [-0.4, -0.2) is 65.5 Å². The van der Waals surface area contributed by atoms with Crippen LogP contribution in [0.5, 0.6) is 0 Å². The summed E-state index contributed by atoms with van der Waals surface area (Å²) in [6.45, 7) is 2.93. The van der Waals surface area contributed by atoms with Crippen molar-refractivity contribution in [3.8, 4) is 0 Å². The summed E-state index contributed by atoms with van der Waals surface area (Å²) >= 11 is 1.47. The molecular formula is C22H25N3O3S. The third kappa shape index (κ3) is 2.99. The molecule has 1 aromatic heterocycles. The van der Waals surface area contributed by atoms with Crippen molar-refractivity contribution in [2.75, 3.05) is 32.7 Å². The molecule has 2 N–H and O–H groups in total. The van der Waals surface area contributed by atoms with Crippen LogP contribution in [0.3, 0.4) is 0 Å². The first kappa shape index (κ1) is 18.8. The van der Waals surface area contributed by atoms with Crippen molar-refractivity contribution in [2.24, 2.45) is 0 Å². The Kier molecular flexibility index (Phi) is 4.69. The highest BCUT2D eigenvalue weighted by molar-refractivity contribution is 7.12. The van der Waals surface area contributed by atoms with E-state index < -0.39 is 6.10 Å². The Labute approximate surface area is 174 Å². The highest BCUT2D eigenvalue weighted by Gasteiger charge is 2.54. The summed E-state index contributed by atoms with van der Waals surface area (Å²) in [5, 5.41) is 16.4. The quantitative estimate of drug-likeness (QED) is 0.790. The maximum absolute atomic E-state index is 12.8. The van der Waals surface area contributed by atoms with Gasteiger partial charge in [-0.1, -0.05) is 30.3 Å². The van der Waals surface area contributed by atoms with E-state index in [2.05, 4.69) is 22.3 Å². The average molecular weight is 412 g/mol. The number of piperidine rings is 1. The third-order valence-corrected chi connectivity index (χ3v) is 7.68. The second-order valence-corrected chi connectivity index (χ2v) is 9.17. The number of rotatable bonds is 2. The Morgan fingerprint density at radius 1 is 1.14 bits per heavy atom. The SMILES string of the molecule is O=C1CN([C@H]2c3ccccc3C3(CCN(C(=O)c4cccs4)CC3)[C@@H]2O)CCN1. The summed E-state index contributed by atoms with van der Waals surface area (Å²) in [4.78, 5) is 29.5. The van der Waals surface area contributed by atoms with Crippen molar-refractivity contribution in [3.05, 3.63) is 57.8 Å². The molecule has 5 rings (SSSR count). The van der Waals surface area contributed by atoms with Crippen LogP contribution in [0.1, 0.15) is 39.7 Å². The fraction of sp³-hybridized carbons (Fsp3) is 0.455. The molecule has 3 aliphatic rings. The maximum atomic E-state index is 12.8. The number of likely N-dealkylation sites (tertiary alicyclic amines) is 1. The molecule has 1 aliphatic carbocycles. The van der Waals surface area contributed by atoms with Crippen molar-refractivity contribution in [3.63, 3.8) is 0 Å². The third-order valence-electron chi connectivity index (χ3n) is 6.82. The van der Waals surface area contributed by atoms with Crippen LogP contribution in [0.2, 0.25) is 0 Å². The normalized spacial score (nSPS) is 26.4. The number of nitrogens with zero attached hydrogens (tertiary/aromatic N) is 2. The molecule has 0 unspecified atom stereocenters. The van der Waals surface area contributed by atoms with Crippen molar-refractivity contribution in [2.45, 2.75) is 30.4 Å². The summed E-state index contributed by atoms with van der Waals surface area (Å²) in [7, 11) is 0. The number of carbonyl (C=O) groups is 2. The molecule has 0 bridgehead atoms. The summed E-state index contributed by atoms with van der Waals surface area (Å²) < 4.78 is 0. The number of aliphatic hydroxyl groups excluding tert-OH is 1. The molecule has 3 heterocycles. The predicted octanol–water partition coefficient (Wildman–Crippen LogP) is 1.77. The fourth-order valence-electron chi connectivity index (χ4n) is 5.36. The van der Waals surface area contributed by atoms with Gasteiger partial charge in [-0.2, -0.15) is 0 Å². The number of thiophene rings is 1. The molecule has 1 aromatic carbocycles. The first-order valence-corrected chi connectivity index (χ1v) is 11.1. The summed E-state index contributed by atoms with van der Waals surface area (Å²) in [5.41, 5.74) is 1.96. The van der Waals surface area contributed by atoms with Crippen LogP contribution in [0.25, 0.3) is 0 Å². The molecule has 7 heteroatoms. The van der Waals surface area contributed by atoms with E-state index in [1.165, 1.54) is 16.9 Å². The highest BCUT2D eigenvalue weighted by Crippen LogP contribution is 2.52. The predicted molar refractivity (Wildman–Crippen MR) is 111 cm³/mol. The van der Waals surface area contributed by atoms with Gasteiger partial charge < -0.3 is 15.3 Å². The second kappa shape index (κ2) is 7.23. The molecular weight excluding hydrogens is 386 g/mol. The lowest BCUT2D eigenvalue weighted by Gasteiger charge is -2.44. The lowest BCUT2D eigenvalue weighted by atomic mass is 9.72. The Morgan fingerprint density at radius 2 is 1.93 bits per heavy atom. The van der Waals surface area contributed by atoms with Crippen molar-refractivity contribution < 1.29 is 14.7 Å². The number of fused-ring (bicyclic) bond motifs is 2. The molecule has 0 saturated carbocycles. The van der Waals surface area contributed by atoms with Crippen molar-refractivity contribution in [1.82, 2.24) is 15.1 Å². The number of amides is 2. The number of nitrogens with one attached hydrogen (secondary N) is 1. The zero-order chi connectivity index (χ0) is 20.0. The van der Waals surface area contributed by atoms with Crippen LogP contribution >= 0.6 is 11.3 Å². The van der Waals surface area contributed by atoms with Crippen molar-refractivity contribution >= 4 is 23.2 Å². The molecule has 2 atom stereocenters. The summed E-state index contributed by atoms with van der Waals surface area (Å²) in [6.07, 6.45) is 0.891. The Hall–Kier alpha value is -2.22. The molecule has 2 saturated heterocycles. The summed E-state index contributed by atoms with van der Waals surface area (Å²) in [6, 6.07) is 11.9. The van der Waals surface area contributed by atoms with Crippen LogP contribution in [0, 0.1) is 0 Å². The smallest absolute Gasteiger partial charge is 0.263 e. The van der Waals surface area contributed by atoms with Gasteiger partial charge in [-0.05, 0) is 35.4 Å².